The minimum Gasteiger partial charge on any atom is -0.355 e. The molecule has 0 unspecified atom stereocenters. The van der Waals surface area contributed by atoms with Crippen LogP contribution in [0.25, 0.3) is 260 Å². The summed E-state index contributed by atoms with van der Waals surface area (Å²) < 4.78 is 0. The van der Waals surface area contributed by atoms with Crippen LogP contribution in [0, 0.1) is 0 Å². The number of nitrogens with zero attached hydrogens (tertiary/aromatic N) is 10. The standard InChI is InChI=1S/C33H21N3.C32H18N8.2C20H14N4/c1-5-18-19-6-2-8-21-27(19)17-26(18)20(7-1)28-13-15-30(34-28)24-11-3-9-22-23-10-4-12-25(33(23)36-32(22)24)31-16-14-29(21)35-31;1-2-10-18-17(9-1)25-33-26(18)38-28-21-13-5-6-14-22(21)30(35-28)40-32-24-16-8-7-15-23(24)31(36-32)39-29-20-12-4-3-11-19(20)27(34-29)37-25;1-2-14-6-10-19(22-14)20-12-8-16(24-20)4-3-15-7-11-18(23-15)17-9-5-13(1)21-17;1-2-14-10-16-5-6-18(23-16)12-20-8-7-19(24-20)11-17-4-3-15(22-17)9-13(1)21-14/h1-16,34-36H,17H2;1-16H,(H2,33,34,35,36,37,38,39,40);1-12,21,23H;1-12,21-22H. The van der Waals surface area contributed by atoms with E-state index in [4.69, 9.17) is 29.9 Å². The predicted molar refractivity (Wildman–Crippen MR) is 502 cm³/mol. The first-order valence-corrected chi connectivity index (χ1v) is 41.2. The van der Waals surface area contributed by atoms with E-state index in [9.17, 15) is 0 Å². The molecule has 20 aromatic rings. The van der Waals surface area contributed by atoms with Crippen molar-refractivity contribution >= 4 is 159 Å². The van der Waals surface area contributed by atoms with Gasteiger partial charge in [0.2, 0.25) is 0 Å². The number of benzene rings is 8. The average molecular weight is 1590 g/mol. The van der Waals surface area contributed by atoms with Crippen molar-refractivity contribution in [3.63, 3.8) is 0 Å². The maximum Gasteiger partial charge on any atom is 0.164 e. The second-order valence-corrected chi connectivity index (χ2v) is 31.5. The van der Waals surface area contributed by atoms with E-state index in [0.717, 1.165) is 151 Å². The van der Waals surface area contributed by atoms with Gasteiger partial charge in [-0.25, -0.2) is 49.8 Å². The van der Waals surface area contributed by atoms with Gasteiger partial charge in [-0.1, -0.05) is 170 Å². The molecule has 8 aliphatic rings. The van der Waals surface area contributed by atoms with Gasteiger partial charge in [-0.3, -0.25) is 0 Å². The molecule has 0 radical (unpaired) electrons. The van der Waals surface area contributed by atoms with Crippen molar-refractivity contribution in [1.29, 1.82) is 0 Å². The number of aromatic nitrogens is 19. The van der Waals surface area contributed by atoms with E-state index in [2.05, 4.69) is 216 Å². The third kappa shape index (κ3) is 12.3. The first-order chi connectivity index (χ1) is 61.3. The molecule has 582 valence electrons. The van der Waals surface area contributed by atoms with Crippen molar-refractivity contribution in [1.82, 2.24) is 94.7 Å². The molecular formula is C105H67N19. The van der Waals surface area contributed by atoms with Gasteiger partial charge < -0.3 is 44.9 Å². The smallest absolute Gasteiger partial charge is 0.164 e. The molecule has 0 saturated carbocycles. The fourth-order valence-corrected chi connectivity index (χ4v) is 18.0. The highest BCUT2D eigenvalue weighted by molar-refractivity contribution is 6.15. The third-order valence-corrected chi connectivity index (χ3v) is 23.9. The van der Waals surface area contributed by atoms with Crippen molar-refractivity contribution in [3.8, 4) is 102 Å². The summed E-state index contributed by atoms with van der Waals surface area (Å²) in [6.07, 6.45) is 17.0. The minimum atomic E-state index is 0.597. The lowest BCUT2D eigenvalue weighted by Gasteiger charge is -2.08. The highest BCUT2D eigenvalue weighted by Crippen LogP contribution is 2.47. The van der Waals surface area contributed by atoms with Crippen LogP contribution in [0.15, 0.2) is 291 Å². The van der Waals surface area contributed by atoms with Gasteiger partial charge in [0.1, 0.15) is 22.6 Å². The summed E-state index contributed by atoms with van der Waals surface area (Å²) in [7, 11) is 0. The molecule has 12 aromatic heterocycles. The molecule has 124 heavy (non-hydrogen) atoms. The molecule has 19 nitrogen and oxygen atoms in total. The highest BCUT2D eigenvalue weighted by atomic mass is 15.1. The number of H-pyrrole nitrogens is 9. The van der Waals surface area contributed by atoms with Gasteiger partial charge in [0.15, 0.2) is 23.3 Å². The number of aromatic amines is 9. The van der Waals surface area contributed by atoms with Gasteiger partial charge in [-0.05, 0) is 192 Å². The molecule has 9 N–H and O–H groups in total. The fourth-order valence-electron chi connectivity index (χ4n) is 18.0. The number of fused-ring (bicyclic) bond motifs is 48. The van der Waals surface area contributed by atoms with Crippen molar-refractivity contribution in [2.75, 3.05) is 0 Å². The Labute approximate surface area is 705 Å². The number of rotatable bonds is 0. The van der Waals surface area contributed by atoms with E-state index in [1.54, 1.807) is 0 Å². The SMILES string of the molecule is C1=Cc2cc3ccc(cc4ccc(cc5nc(cc1n2)C=C5)[nH]4)[nH]3.C1=Cc2nc1ccc1ccc([nH]1)c1ccc(ccc3nc2C=C3)[nH]1.c1cc2c3c(c1)-c1cccc(c1C3)-c1ccc([nH]1)-c1cccc3c1[nH]c1c(cccc13)-c1ccc-2[nH]1.c1ccc2c(c1)-c1nc-2nc2[nH]c(nc3nc(nc4[nH]c(n1)c1ccccc41)-c1ccccc1-3)c1ccccc21. The van der Waals surface area contributed by atoms with Crippen LogP contribution in [0.2, 0.25) is 0 Å². The Morgan fingerprint density at radius 2 is 0.508 bits per heavy atom. The molecule has 0 fully saturated rings. The van der Waals surface area contributed by atoms with Gasteiger partial charge in [-0.15, -0.1) is 0 Å². The molecule has 32 bridgehead atoms. The lowest BCUT2D eigenvalue weighted by atomic mass is 9.99. The van der Waals surface area contributed by atoms with Gasteiger partial charge in [-0.2, -0.15) is 0 Å². The van der Waals surface area contributed by atoms with E-state index in [1.807, 2.05) is 188 Å². The van der Waals surface area contributed by atoms with Gasteiger partial charge in [0.25, 0.3) is 0 Å². The quantitative estimate of drug-likeness (QED) is 0.0693. The van der Waals surface area contributed by atoms with Crippen molar-refractivity contribution < 1.29 is 0 Å². The Bertz CT molecular complexity index is 8000. The topological polar surface area (TPSA) is 271 Å². The number of para-hydroxylation sites is 2. The second-order valence-electron chi connectivity index (χ2n) is 31.5. The van der Waals surface area contributed by atoms with E-state index >= 15 is 0 Å². The Morgan fingerprint density at radius 1 is 0.185 bits per heavy atom. The lowest BCUT2D eigenvalue weighted by molar-refractivity contribution is 1.19. The number of hydrogen-bond donors (Lipinski definition) is 9. The second kappa shape index (κ2) is 28.2. The molecule has 19 heterocycles. The third-order valence-electron chi connectivity index (χ3n) is 23.9. The van der Waals surface area contributed by atoms with E-state index in [-0.39, 0.29) is 0 Å². The number of nitrogens with one attached hydrogen (secondary N) is 9. The summed E-state index contributed by atoms with van der Waals surface area (Å²) in [6.45, 7) is 0. The normalized spacial score (nSPS) is 12.5. The van der Waals surface area contributed by atoms with E-state index in [1.165, 1.54) is 77.7 Å². The molecule has 0 amide bonds. The largest absolute Gasteiger partial charge is 0.355 e. The van der Waals surface area contributed by atoms with E-state index in [0.29, 0.717) is 45.9 Å². The van der Waals surface area contributed by atoms with Crippen LogP contribution in [-0.4, -0.2) is 94.7 Å². The molecule has 0 spiro atoms. The van der Waals surface area contributed by atoms with Crippen LogP contribution in [0.3, 0.4) is 0 Å². The molecule has 0 saturated heterocycles. The Hall–Kier alpha value is -17.3. The zero-order chi connectivity index (χ0) is 81.5. The molecule has 19 heteroatoms. The van der Waals surface area contributed by atoms with Gasteiger partial charge >= 0.3 is 0 Å². The van der Waals surface area contributed by atoms with Gasteiger partial charge in [0, 0.05) is 139 Å². The summed E-state index contributed by atoms with van der Waals surface area (Å²) in [6, 6.07) is 101. The van der Waals surface area contributed by atoms with Crippen LogP contribution in [0.1, 0.15) is 56.7 Å². The first-order valence-electron chi connectivity index (χ1n) is 41.2. The highest BCUT2D eigenvalue weighted by Gasteiger charge is 2.28. The minimum absolute atomic E-state index is 0.597. The molecular weight excluding hydrogens is 1530 g/mol. The monoisotopic (exact) mass is 1590 g/mol. The number of hydrogen-bond acceptors (Lipinski definition) is 10. The average Bonchev–Trinajstić information content (AvgIpc) is 1.28. The summed E-state index contributed by atoms with van der Waals surface area (Å²) in [5, 5.41) is 6.31. The fraction of sp³-hybridized carbons (Fsp3) is 0.00952. The summed E-state index contributed by atoms with van der Waals surface area (Å²) >= 11 is 0. The van der Waals surface area contributed by atoms with Crippen LogP contribution in [0.4, 0.5) is 0 Å². The Morgan fingerprint density at radius 3 is 0.927 bits per heavy atom. The molecule has 1 aliphatic carbocycles. The zero-order valence-corrected chi connectivity index (χ0v) is 66.0. The molecule has 7 aliphatic heterocycles. The zero-order valence-electron chi connectivity index (χ0n) is 66.0. The van der Waals surface area contributed by atoms with E-state index < -0.39 is 0 Å². The van der Waals surface area contributed by atoms with Crippen LogP contribution in [-0.2, 0) is 6.42 Å². The summed E-state index contributed by atoms with van der Waals surface area (Å²) in [5.74, 6) is 2.39. The maximum atomic E-state index is 5.02. The Kier molecular flexibility index (Phi) is 15.9. The summed E-state index contributed by atoms with van der Waals surface area (Å²) in [5.41, 5.74) is 39.5. The van der Waals surface area contributed by atoms with Crippen LogP contribution < -0.4 is 0 Å². The summed E-state index contributed by atoms with van der Waals surface area (Å²) in [4.78, 5) is 80.2. The molecule has 28 rings (SSSR count). The molecule has 0 atom stereocenters. The Balaban J connectivity index is 0.0000000929. The first kappa shape index (κ1) is 69.8. The van der Waals surface area contributed by atoms with Crippen LogP contribution in [0.5, 0.6) is 0 Å². The van der Waals surface area contributed by atoms with Crippen molar-refractivity contribution in [2.45, 2.75) is 6.42 Å². The van der Waals surface area contributed by atoms with Crippen molar-refractivity contribution in [3.05, 3.63) is 348 Å². The lowest BCUT2D eigenvalue weighted by Crippen LogP contribution is -1.91. The van der Waals surface area contributed by atoms with Gasteiger partial charge in [0.05, 0.1) is 67.6 Å². The maximum absolute atomic E-state index is 5.02. The van der Waals surface area contributed by atoms with Crippen LogP contribution >= 0.6 is 0 Å². The predicted octanol–water partition coefficient (Wildman–Crippen LogP) is 24.7. The van der Waals surface area contributed by atoms with Crippen molar-refractivity contribution in [2.24, 2.45) is 0 Å². The molecule has 8 aromatic carbocycles.